The Hall–Kier alpha value is 0.210. The Morgan fingerprint density at radius 1 is 1.30 bits per heavy atom. The van der Waals surface area contributed by atoms with Gasteiger partial charge in [-0.05, 0) is 20.3 Å². The van der Waals surface area contributed by atoms with Crippen molar-refractivity contribution in [2.24, 2.45) is 0 Å². The van der Waals surface area contributed by atoms with Crippen LogP contribution in [0.15, 0.2) is 0 Å². The summed E-state index contributed by atoms with van der Waals surface area (Å²) in [5, 5.41) is 0. The zero-order valence-electron chi connectivity index (χ0n) is 7.08. The lowest BCUT2D eigenvalue weighted by Gasteiger charge is -2.34. The molecule has 0 bridgehead atoms. The van der Waals surface area contributed by atoms with E-state index in [2.05, 4.69) is 0 Å². The first-order valence-electron chi connectivity index (χ1n) is 3.48. The fraction of sp³-hybridized carbons (Fsp3) is 1.00. The minimum atomic E-state index is -3.36. The Kier molecular flexibility index (Phi) is 3.14. The van der Waals surface area contributed by atoms with Crippen molar-refractivity contribution in [3.8, 4) is 0 Å². The van der Waals surface area contributed by atoms with Gasteiger partial charge in [-0.3, -0.25) is 0 Å². The molecule has 0 unspecified atom stereocenters. The van der Waals surface area contributed by atoms with E-state index in [0.717, 1.165) is 12.7 Å². The third kappa shape index (κ3) is 2.45. The van der Waals surface area contributed by atoms with Gasteiger partial charge in [0.1, 0.15) is 0 Å². The smallest absolute Gasteiger partial charge is 0.0596 e. The Morgan fingerprint density at radius 3 is 1.80 bits per heavy atom. The fourth-order valence-corrected chi connectivity index (χ4v) is 1.34. The highest BCUT2D eigenvalue weighted by atomic mass is 32.3. The summed E-state index contributed by atoms with van der Waals surface area (Å²) in [6, 6.07) is 0. The Morgan fingerprint density at radius 2 is 1.70 bits per heavy atom. The minimum absolute atomic E-state index is 0.617. The van der Waals surface area contributed by atoms with Crippen molar-refractivity contribution in [1.29, 1.82) is 0 Å². The van der Waals surface area contributed by atoms with E-state index in [4.69, 9.17) is 0 Å². The molecule has 0 aromatic rings. The Balaban J connectivity index is 4.10. The van der Waals surface area contributed by atoms with E-state index < -0.39 is 15.5 Å². The third-order valence-corrected chi connectivity index (χ3v) is 3.97. The minimum Gasteiger partial charge on any atom is -0.158 e. The largest absolute Gasteiger partial charge is 0.158 e. The second-order valence-electron chi connectivity index (χ2n) is 3.24. The average Bonchev–Trinajstić information content (AvgIpc) is 1.61. The molecular weight excluding hydrogens is 154 g/mol. The van der Waals surface area contributed by atoms with Crippen LogP contribution < -0.4 is 0 Å². The molecule has 0 amide bonds. The molecule has 0 aromatic heterocycles. The quantitative estimate of drug-likeness (QED) is 0.605. The standard InChI is InChI=1S/C7H16F2S/c1-5-6-7(2,3)10(4,8)9/h5-6H2,1-4H3. The summed E-state index contributed by atoms with van der Waals surface area (Å²) < 4.78 is 24.8. The van der Waals surface area contributed by atoms with Gasteiger partial charge in [-0.1, -0.05) is 13.3 Å². The maximum absolute atomic E-state index is 12.8. The molecule has 0 fully saturated rings. The summed E-state index contributed by atoms with van der Waals surface area (Å²) >= 11 is 0. The van der Waals surface area contributed by atoms with Crippen LogP contribution in [0.2, 0.25) is 0 Å². The average molecular weight is 170 g/mol. The highest BCUT2D eigenvalue weighted by molar-refractivity contribution is 8.25. The summed E-state index contributed by atoms with van der Waals surface area (Å²) in [4.78, 5) is 0. The van der Waals surface area contributed by atoms with Crippen molar-refractivity contribution in [2.75, 3.05) is 6.26 Å². The van der Waals surface area contributed by atoms with E-state index in [1.807, 2.05) is 6.92 Å². The molecule has 0 saturated heterocycles. The van der Waals surface area contributed by atoms with E-state index in [1.165, 1.54) is 0 Å². The molecule has 0 saturated carbocycles. The lowest BCUT2D eigenvalue weighted by atomic mass is 10.1. The summed E-state index contributed by atoms with van der Waals surface area (Å²) in [6.45, 7) is 5.23. The molecule has 0 nitrogen and oxygen atoms in total. The maximum atomic E-state index is 12.8. The zero-order valence-corrected chi connectivity index (χ0v) is 7.89. The number of hydrogen-bond donors (Lipinski definition) is 0. The summed E-state index contributed by atoms with van der Waals surface area (Å²) in [5.74, 6) is 0. The molecule has 0 heterocycles. The Labute approximate surface area is 63.9 Å². The predicted octanol–water partition coefficient (Wildman–Crippen LogP) is 3.77. The van der Waals surface area contributed by atoms with Gasteiger partial charge in [0.2, 0.25) is 0 Å². The first-order valence-corrected chi connectivity index (χ1v) is 5.32. The summed E-state index contributed by atoms with van der Waals surface area (Å²) in [7, 11) is -3.36. The topological polar surface area (TPSA) is 0 Å². The van der Waals surface area contributed by atoms with Gasteiger partial charge < -0.3 is 0 Å². The first-order chi connectivity index (χ1) is 4.31. The molecule has 0 aliphatic carbocycles. The molecular formula is C7H16F2S. The summed E-state index contributed by atoms with van der Waals surface area (Å²) in [6.07, 6.45) is 2.53. The summed E-state index contributed by atoms with van der Waals surface area (Å²) in [5.41, 5.74) is 0. The number of halogens is 2. The van der Waals surface area contributed by atoms with Crippen molar-refractivity contribution >= 4 is 10.8 Å². The molecule has 3 heteroatoms. The van der Waals surface area contributed by atoms with Crippen LogP contribution in [0, 0.1) is 0 Å². The fourth-order valence-electron chi connectivity index (χ4n) is 0.781. The second kappa shape index (κ2) is 3.07. The van der Waals surface area contributed by atoms with Gasteiger partial charge in [0.25, 0.3) is 0 Å². The third-order valence-electron chi connectivity index (χ3n) is 1.82. The molecule has 0 rings (SSSR count). The van der Waals surface area contributed by atoms with Gasteiger partial charge in [-0.15, -0.1) is 0 Å². The molecule has 0 aliphatic heterocycles. The van der Waals surface area contributed by atoms with Gasteiger partial charge in [0, 0.05) is 11.0 Å². The van der Waals surface area contributed by atoms with Crippen molar-refractivity contribution in [1.82, 2.24) is 0 Å². The van der Waals surface area contributed by atoms with Crippen LogP contribution >= 0.6 is 10.8 Å². The van der Waals surface area contributed by atoms with E-state index in [0.29, 0.717) is 6.42 Å². The number of rotatable bonds is 3. The van der Waals surface area contributed by atoms with E-state index in [9.17, 15) is 7.77 Å². The van der Waals surface area contributed by atoms with E-state index >= 15 is 0 Å². The molecule has 0 N–H and O–H groups in total. The van der Waals surface area contributed by atoms with Crippen LogP contribution in [-0.4, -0.2) is 11.0 Å². The highest BCUT2D eigenvalue weighted by Gasteiger charge is 2.36. The second-order valence-corrected chi connectivity index (χ2v) is 5.79. The zero-order chi connectivity index (χ0) is 8.41. The van der Waals surface area contributed by atoms with Crippen LogP contribution in [0.3, 0.4) is 0 Å². The van der Waals surface area contributed by atoms with Gasteiger partial charge >= 0.3 is 0 Å². The Bertz CT molecular complexity index is 105. The van der Waals surface area contributed by atoms with Crippen LogP contribution in [0.25, 0.3) is 0 Å². The first kappa shape index (κ1) is 10.2. The van der Waals surface area contributed by atoms with Crippen LogP contribution in [0.4, 0.5) is 7.77 Å². The normalized spacial score (nSPS) is 15.4. The molecule has 10 heavy (non-hydrogen) atoms. The van der Waals surface area contributed by atoms with E-state index in [-0.39, 0.29) is 0 Å². The lowest BCUT2D eigenvalue weighted by Crippen LogP contribution is -2.21. The molecule has 64 valence electrons. The highest BCUT2D eigenvalue weighted by Crippen LogP contribution is 2.60. The molecule has 0 atom stereocenters. The van der Waals surface area contributed by atoms with Gasteiger partial charge in [-0.2, -0.15) is 7.77 Å². The van der Waals surface area contributed by atoms with Crippen molar-refractivity contribution in [2.45, 2.75) is 38.4 Å². The number of hydrogen-bond acceptors (Lipinski definition) is 0. The predicted molar refractivity (Wildman–Crippen MR) is 44.7 cm³/mol. The lowest BCUT2D eigenvalue weighted by molar-refractivity contribution is 0.560. The van der Waals surface area contributed by atoms with Crippen molar-refractivity contribution in [3.63, 3.8) is 0 Å². The van der Waals surface area contributed by atoms with Crippen LogP contribution in [0.5, 0.6) is 0 Å². The van der Waals surface area contributed by atoms with Crippen molar-refractivity contribution < 1.29 is 7.77 Å². The monoisotopic (exact) mass is 170 g/mol. The van der Waals surface area contributed by atoms with Crippen LogP contribution in [0.1, 0.15) is 33.6 Å². The van der Waals surface area contributed by atoms with Crippen LogP contribution in [-0.2, 0) is 0 Å². The van der Waals surface area contributed by atoms with E-state index in [1.54, 1.807) is 13.8 Å². The molecule has 0 aromatic carbocycles. The molecule has 0 spiro atoms. The maximum Gasteiger partial charge on any atom is 0.0596 e. The van der Waals surface area contributed by atoms with Gasteiger partial charge in [0.15, 0.2) is 0 Å². The van der Waals surface area contributed by atoms with Crippen molar-refractivity contribution in [3.05, 3.63) is 0 Å². The SMILES string of the molecule is CCCC(C)(C)S(C)(F)F. The van der Waals surface area contributed by atoms with Gasteiger partial charge in [0.05, 0.1) is 10.8 Å². The van der Waals surface area contributed by atoms with Gasteiger partial charge in [-0.25, -0.2) is 0 Å². The molecule has 0 radical (unpaired) electrons. The molecule has 0 aliphatic rings.